The monoisotopic (exact) mass is 469 g/mol. The zero-order valence-corrected chi connectivity index (χ0v) is 20.1. The molecule has 5 rings (SSSR count). The molecule has 33 heavy (non-hydrogen) atoms. The molecule has 2 aliphatic heterocycles. The fraction of sp³-hybridized carbons (Fsp3) is 0.538. The second-order valence-corrected chi connectivity index (χ2v) is 10.9. The number of carbonyl (C=O) groups is 2. The molecule has 6 atom stereocenters. The van der Waals surface area contributed by atoms with Crippen LogP contribution >= 0.6 is 11.3 Å². The number of phenols is 1. The molecule has 0 unspecified atom stereocenters. The summed E-state index contributed by atoms with van der Waals surface area (Å²) < 4.78 is 6.38. The van der Waals surface area contributed by atoms with Crippen LogP contribution in [0.5, 0.6) is 5.75 Å². The Morgan fingerprint density at radius 2 is 1.91 bits per heavy atom. The van der Waals surface area contributed by atoms with Gasteiger partial charge >= 0.3 is 0 Å². The number of likely N-dealkylation sites (tertiary alicyclic amines) is 1. The zero-order valence-electron chi connectivity index (χ0n) is 19.3. The molecule has 1 aliphatic carbocycles. The highest BCUT2D eigenvalue weighted by Crippen LogP contribution is 2.59. The second-order valence-electron chi connectivity index (χ2n) is 9.90. The highest BCUT2D eigenvalue weighted by molar-refractivity contribution is 7.09. The van der Waals surface area contributed by atoms with E-state index >= 15 is 0 Å². The third-order valence-electron chi connectivity index (χ3n) is 7.87. The number of imide groups is 1. The van der Waals surface area contributed by atoms with Gasteiger partial charge in [-0.3, -0.25) is 14.5 Å². The van der Waals surface area contributed by atoms with Crippen LogP contribution in [0, 0.1) is 37.5 Å². The zero-order chi connectivity index (χ0) is 23.5. The van der Waals surface area contributed by atoms with Gasteiger partial charge in [-0.05, 0) is 73.4 Å². The fourth-order valence-electron chi connectivity index (χ4n) is 6.32. The number of hydrogen-bond acceptors (Lipinski definition) is 6. The van der Waals surface area contributed by atoms with Crippen molar-refractivity contribution in [2.24, 2.45) is 23.7 Å². The van der Waals surface area contributed by atoms with Crippen LogP contribution in [0.25, 0.3) is 0 Å². The van der Waals surface area contributed by atoms with E-state index in [4.69, 9.17) is 4.74 Å². The van der Waals surface area contributed by atoms with E-state index in [-0.39, 0.29) is 29.6 Å². The van der Waals surface area contributed by atoms with Crippen LogP contribution in [0.4, 0.5) is 0 Å². The fourth-order valence-corrected chi connectivity index (χ4v) is 7.01. The van der Waals surface area contributed by atoms with E-state index in [0.717, 1.165) is 34.4 Å². The molecule has 176 valence electrons. The Kier molecular flexibility index (Phi) is 5.62. The molecule has 1 saturated carbocycles. The number of benzene rings is 1. The molecule has 1 aromatic heterocycles. The van der Waals surface area contributed by atoms with Gasteiger partial charge in [0.05, 0.1) is 24.5 Å². The van der Waals surface area contributed by atoms with Crippen molar-refractivity contribution in [3.8, 4) is 5.75 Å². The Balaban J connectivity index is 1.49. The van der Waals surface area contributed by atoms with Crippen LogP contribution in [0.3, 0.4) is 0 Å². The minimum absolute atomic E-state index is 0.110. The van der Waals surface area contributed by atoms with Crippen molar-refractivity contribution in [3.05, 3.63) is 51.2 Å². The predicted octanol–water partition coefficient (Wildman–Crippen LogP) is 4.46. The summed E-state index contributed by atoms with van der Waals surface area (Å²) in [6.45, 7) is 6.06. The maximum Gasteiger partial charge on any atom is 0.233 e. The van der Waals surface area contributed by atoms with Gasteiger partial charge in [-0.25, -0.2) is 0 Å². The number of aliphatic hydroxyl groups is 1. The lowest BCUT2D eigenvalue weighted by molar-refractivity contribution is -0.270. The van der Waals surface area contributed by atoms with Crippen molar-refractivity contribution in [2.45, 2.75) is 64.9 Å². The van der Waals surface area contributed by atoms with Crippen LogP contribution in [0.1, 0.15) is 60.3 Å². The smallest absolute Gasteiger partial charge is 0.233 e. The van der Waals surface area contributed by atoms with Gasteiger partial charge in [0, 0.05) is 16.7 Å². The molecule has 1 aromatic carbocycles. The Morgan fingerprint density at radius 3 is 2.55 bits per heavy atom. The molecule has 7 heteroatoms. The Hall–Kier alpha value is -2.22. The molecule has 0 bridgehead atoms. The van der Waals surface area contributed by atoms with Crippen molar-refractivity contribution in [2.75, 3.05) is 0 Å². The molecule has 6 nitrogen and oxygen atoms in total. The van der Waals surface area contributed by atoms with Crippen LogP contribution in [0.15, 0.2) is 29.6 Å². The number of phenolic OH excluding ortho intramolecular Hbond substituents is 1. The number of ether oxygens (including phenoxy) is 1. The topological polar surface area (TPSA) is 87.1 Å². The predicted molar refractivity (Wildman–Crippen MR) is 124 cm³/mol. The number of carbonyl (C=O) groups excluding carboxylic acids is 2. The minimum Gasteiger partial charge on any atom is -0.507 e. The number of fused-ring (bicyclic) bond motifs is 3. The first-order valence-electron chi connectivity index (χ1n) is 11.8. The highest BCUT2D eigenvalue weighted by atomic mass is 32.1. The van der Waals surface area contributed by atoms with E-state index in [1.165, 1.54) is 16.2 Å². The van der Waals surface area contributed by atoms with E-state index in [1.807, 2.05) is 43.5 Å². The molecule has 3 fully saturated rings. The molecule has 2 aromatic rings. The van der Waals surface area contributed by atoms with Crippen LogP contribution in [0.2, 0.25) is 0 Å². The molecule has 3 heterocycles. The molecule has 3 aliphatic rings. The van der Waals surface area contributed by atoms with Crippen molar-refractivity contribution in [3.63, 3.8) is 0 Å². The quantitative estimate of drug-likeness (QED) is 0.632. The SMILES string of the molecule is CCC[C@H]1C[C@@H]2C(=O)N(Cc3cccs3)C(=O)[C@@H]2[C@@H]2C[C@@H](c3cc(C)c(O)c(C)c3)O[C@]12O. The number of aryl methyl sites for hydroxylation is 2. The molecule has 0 radical (unpaired) electrons. The normalized spacial score (nSPS) is 33.5. The molecular weight excluding hydrogens is 438 g/mol. The lowest BCUT2D eigenvalue weighted by Crippen LogP contribution is -2.53. The summed E-state index contributed by atoms with van der Waals surface area (Å²) in [6, 6.07) is 7.65. The summed E-state index contributed by atoms with van der Waals surface area (Å²) in [4.78, 5) is 29.3. The number of aromatic hydroxyl groups is 1. The first kappa shape index (κ1) is 22.6. The number of rotatable bonds is 5. The lowest BCUT2D eigenvalue weighted by atomic mass is 9.63. The number of amides is 2. The van der Waals surface area contributed by atoms with Crippen molar-refractivity contribution in [1.29, 1.82) is 0 Å². The molecule has 2 amide bonds. The van der Waals surface area contributed by atoms with Gasteiger partial charge in [-0.1, -0.05) is 19.4 Å². The highest BCUT2D eigenvalue weighted by Gasteiger charge is 2.66. The number of hydrogen-bond donors (Lipinski definition) is 2. The minimum atomic E-state index is -1.43. The first-order valence-corrected chi connectivity index (χ1v) is 12.7. The summed E-state index contributed by atoms with van der Waals surface area (Å²) in [5.74, 6) is -3.05. The molecular formula is C26H31NO5S. The van der Waals surface area contributed by atoms with Gasteiger partial charge in [0.1, 0.15) is 5.75 Å². The third-order valence-corrected chi connectivity index (χ3v) is 8.73. The second kappa shape index (κ2) is 8.22. The van der Waals surface area contributed by atoms with E-state index in [1.54, 1.807) is 0 Å². The van der Waals surface area contributed by atoms with E-state index < -0.39 is 23.5 Å². The molecule has 0 spiro atoms. The average Bonchev–Trinajstić information content (AvgIpc) is 3.47. The van der Waals surface area contributed by atoms with Gasteiger partial charge in [-0.2, -0.15) is 0 Å². The molecule has 2 N–H and O–H groups in total. The van der Waals surface area contributed by atoms with Crippen LogP contribution in [-0.4, -0.2) is 32.7 Å². The van der Waals surface area contributed by atoms with Crippen molar-refractivity contribution >= 4 is 23.2 Å². The largest absolute Gasteiger partial charge is 0.507 e. The summed E-state index contributed by atoms with van der Waals surface area (Å²) in [7, 11) is 0. The van der Waals surface area contributed by atoms with Crippen LogP contribution < -0.4 is 0 Å². The summed E-state index contributed by atoms with van der Waals surface area (Å²) in [5.41, 5.74) is 2.41. The summed E-state index contributed by atoms with van der Waals surface area (Å²) >= 11 is 1.54. The van der Waals surface area contributed by atoms with Gasteiger partial charge in [-0.15, -0.1) is 11.3 Å². The average molecular weight is 470 g/mol. The van der Waals surface area contributed by atoms with Gasteiger partial charge in [0.15, 0.2) is 5.79 Å². The first-order chi connectivity index (χ1) is 15.7. The van der Waals surface area contributed by atoms with E-state index in [2.05, 4.69) is 6.92 Å². The maximum atomic E-state index is 13.5. The number of thiophene rings is 1. The van der Waals surface area contributed by atoms with Crippen molar-refractivity contribution < 1.29 is 24.5 Å². The standard InChI is InChI=1S/C26H31NO5S/c1-4-6-17-11-19-22(25(30)27(24(19)29)13-18-7-5-8-33-18)20-12-21(32-26(17,20)31)16-9-14(2)23(28)15(3)10-16/h5,7-10,17,19-22,28,31H,4,6,11-13H2,1-3H3/t17-,19-,20-,21-,22-,26+/m0/s1. The molecule has 2 saturated heterocycles. The summed E-state index contributed by atoms with van der Waals surface area (Å²) in [5, 5.41) is 24.0. The third kappa shape index (κ3) is 3.52. The van der Waals surface area contributed by atoms with Crippen LogP contribution in [-0.2, 0) is 20.9 Å². The Bertz CT molecular complexity index is 1060. The van der Waals surface area contributed by atoms with E-state index in [9.17, 15) is 19.8 Å². The van der Waals surface area contributed by atoms with Crippen molar-refractivity contribution in [1.82, 2.24) is 4.90 Å². The van der Waals surface area contributed by atoms with Gasteiger partial charge in [0.25, 0.3) is 0 Å². The maximum absolute atomic E-state index is 13.5. The Morgan fingerprint density at radius 1 is 1.18 bits per heavy atom. The van der Waals surface area contributed by atoms with Gasteiger partial charge in [0.2, 0.25) is 11.8 Å². The van der Waals surface area contributed by atoms with E-state index in [0.29, 0.717) is 19.4 Å². The Labute approximate surface area is 198 Å². The number of nitrogens with zero attached hydrogens (tertiary/aromatic N) is 1. The summed E-state index contributed by atoms with van der Waals surface area (Å²) in [6.07, 6.45) is 2.17. The lowest BCUT2D eigenvalue weighted by Gasteiger charge is -2.44. The van der Waals surface area contributed by atoms with Gasteiger partial charge < -0.3 is 14.9 Å².